The number of methoxy groups -OCH3 is 1. The Labute approximate surface area is 80.0 Å². The summed E-state index contributed by atoms with van der Waals surface area (Å²) in [5.41, 5.74) is 5.22. The molecule has 1 saturated heterocycles. The van der Waals surface area contributed by atoms with Gasteiger partial charge in [-0.1, -0.05) is 0 Å². The average Bonchev–Trinajstić information content (AvgIpc) is 2.86. The molecule has 76 valence electrons. The summed E-state index contributed by atoms with van der Waals surface area (Å²) in [5, 5.41) is 0. The van der Waals surface area contributed by atoms with Crippen molar-refractivity contribution < 1.29 is 19.1 Å². The average molecular weight is 198 g/mol. The Hall–Kier alpha value is -1.43. The van der Waals surface area contributed by atoms with E-state index < -0.39 is 23.7 Å². The Morgan fingerprint density at radius 2 is 1.93 bits per heavy atom. The Morgan fingerprint density at radius 3 is 2.29 bits per heavy atom. The normalized spacial score (nSPS) is 34.4. The number of esters is 1. The third kappa shape index (κ3) is 0.913. The molecule has 0 aromatic carbocycles. The van der Waals surface area contributed by atoms with Crippen LogP contribution in [0.4, 0.5) is 0 Å². The topological polar surface area (TPSA) is 89.7 Å². The van der Waals surface area contributed by atoms with Gasteiger partial charge >= 0.3 is 5.97 Å². The largest absolute Gasteiger partial charge is 0.469 e. The molecule has 2 amide bonds. The van der Waals surface area contributed by atoms with Gasteiger partial charge < -0.3 is 10.5 Å². The molecule has 1 heterocycles. The first-order chi connectivity index (χ1) is 6.63. The lowest BCUT2D eigenvalue weighted by atomic mass is 10.2. The summed E-state index contributed by atoms with van der Waals surface area (Å²) in [5.74, 6) is -2.78. The molecule has 0 bridgehead atoms. The zero-order valence-corrected chi connectivity index (χ0v) is 7.60. The summed E-state index contributed by atoms with van der Waals surface area (Å²) in [6, 6.07) is 0. The van der Waals surface area contributed by atoms with Crippen molar-refractivity contribution in [2.45, 2.75) is 0 Å². The van der Waals surface area contributed by atoms with E-state index in [1.807, 2.05) is 0 Å². The maximum atomic E-state index is 11.4. The minimum Gasteiger partial charge on any atom is -0.469 e. The predicted molar refractivity (Wildman–Crippen MR) is 43.4 cm³/mol. The number of fused-ring (bicyclic) bond motifs is 1. The SMILES string of the molecule is COC(=O)C1C2C(=O)N(CN)C(=O)C12. The van der Waals surface area contributed by atoms with Crippen LogP contribution in [0.25, 0.3) is 0 Å². The van der Waals surface area contributed by atoms with Crippen LogP contribution in [0.1, 0.15) is 0 Å². The van der Waals surface area contributed by atoms with Crippen molar-refractivity contribution in [3.8, 4) is 0 Å². The molecule has 2 unspecified atom stereocenters. The van der Waals surface area contributed by atoms with Gasteiger partial charge in [0.1, 0.15) is 0 Å². The Kier molecular flexibility index (Phi) is 1.81. The molecule has 0 spiro atoms. The summed E-state index contributed by atoms with van der Waals surface area (Å²) >= 11 is 0. The molecule has 2 aliphatic rings. The Morgan fingerprint density at radius 1 is 1.43 bits per heavy atom. The van der Waals surface area contributed by atoms with E-state index in [9.17, 15) is 14.4 Å². The summed E-state index contributed by atoms with van der Waals surface area (Å²) in [6.07, 6.45) is 0. The number of ether oxygens (including phenoxy) is 1. The fourth-order valence-corrected chi connectivity index (χ4v) is 2.00. The highest BCUT2D eigenvalue weighted by Crippen LogP contribution is 2.53. The second kappa shape index (κ2) is 2.78. The Balaban J connectivity index is 2.15. The number of rotatable bonds is 2. The number of carbonyl (C=O) groups excluding carboxylic acids is 3. The predicted octanol–water partition coefficient (Wildman–Crippen LogP) is -1.69. The zero-order valence-electron chi connectivity index (χ0n) is 7.60. The van der Waals surface area contributed by atoms with Crippen LogP contribution in [0.2, 0.25) is 0 Å². The second-order valence-electron chi connectivity index (χ2n) is 3.39. The van der Waals surface area contributed by atoms with Gasteiger partial charge in [-0.3, -0.25) is 19.3 Å². The van der Waals surface area contributed by atoms with E-state index in [1.165, 1.54) is 7.11 Å². The van der Waals surface area contributed by atoms with Crippen molar-refractivity contribution in [3.05, 3.63) is 0 Å². The summed E-state index contributed by atoms with van der Waals surface area (Å²) in [6.45, 7) is -0.113. The first kappa shape index (κ1) is 9.14. The summed E-state index contributed by atoms with van der Waals surface area (Å²) in [7, 11) is 1.24. The maximum absolute atomic E-state index is 11.4. The molecule has 6 nitrogen and oxygen atoms in total. The van der Waals surface area contributed by atoms with Crippen molar-refractivity contribution in [2.24, 2.45) is 23.5 Å². The Bertz CT molecular complexity index is 305. The quantitative estimate of drug-likeness (QED) is 0.422. The fourth-order valence-electron chi connectivity index (χ4n) is 2.00. The van der Waals surface area contributed by atoms with Gasteiger partial charge in [0.15, 0.2) is 0 Å². The molecule has 2 fully saturated rings. The highest BCUT2D eigenvalue weighted by Gasteiger charge is 2.70. The lowest BCUT2D eigenvalue weighted by molar-refractivity contribution is -0.150. The molecule has 2 atom stereocenters. The molecule has 0 aromatic heterocycles. The third-order valence-corrected chi connectivity index (χ3v) is 2.78. The van der Waals surface area contributed by atoms with Crippen molar-refractivity contribution in [2.75, 3.05) is 13.8 Å². The van der Waals surface area contributed by atoms with Gasteiger partial charge in [0.25, 0.3) is 0 Å². The van der Waals surface area contributed by atoms with Gasteiger partial charge in [-0.05, 0) is 0 Å². The number of hydrogen-bond donors (Lipinski definition) is 1. The number of likely N-dealkylation sites (tertiary alicyclic amines) is 1. The van der Waals surface area contributed by atoms with Gasteiger partial charge in [0.05, 0.1) is 31.5 Å². The minimum atomic E-state index is -0.567. The maximum Gasteiger partial charge on any atom is 0.310 e. The summed E-state index contributed by atoms with van der Waals surface area (Å²) in [4.78, 5) is 35.0. The molecule has 6 heteroatoms. The molecule has 0 aromatic rings. The lowest BCUT2D eigenvalue weighted by Gasteiger charge is -2.14. The van der Waals surface area contributed by atoms with Crippen molar-refractivity contribution in [3.63, 3.8) is 0 Å². The number of nitrogens with two attached hydrogens (primary N) is 1. The van der Waals surface area contributed by atoms with Crippen molar-refractivity contribution in [1.82, 2.24) is 4.90 Å². The first-order valence-corrected chi connectivity index (χ1v) is 4.26. The zero-order chi connectivity index (χ0) is 10.5. The fraction of sp³-hybridized carbons (Fsp3) is 0.625. The van der Waals surface area contributed by atoms with Crippen LogP contribution >= 0.6 is 0 Å². The first-order valence-electron chi connectivity index (χ1n) is 4.26. The van der Waals surface area contributed by atoms with E-state index >= 15 is 0 Å². The second-order valence-corrected chi connectivity index (χ2v) is 3.39. The molecule has 1 saturated carbocycles. The monoisotopic (exact) mass is 198 g/mol. The molecule has 14 heavy (non-hydrogen) atoms. The minimum absolute atomic E-state index is 0.113. The molecule has 2 rings (SSSR count). The molecular weight excluding hydrogens is 188 g/mol. The van der Waals surface area contributed by atoms with Gasteiger partial charge in [-0.15, -0.1) is 0 Å². The van der Waals surface area contributed by atoms with Crippen molar-refractivity contribution >= 4 is 17.8 Å². The van der Waals surface area contributed by atoms with Crippen LogP contribution < -0.4 is 5.73 Å². The van der Waals surface area contributed by atoms with E-state index in [0.29, 0.717) is 0 Å². The number of carbonyl (C=O) groups is 3. The standard InChI is InChI=1S/C8H10N2O4/c1-14-8(13)5-3-4(5)7(12)10(2-9)6(3)11/h3-5H,2,9H2,1H3. The van der Waals surface area contributed by atoms with Crippen LogP contribution in [0.3, 0.4) is 0 Å². The van der Waals surface area contributed by atoms with E-state index in [0.717, 1.165) is 4.90 Å². The van der Waals surface area contributed by atoms with Crippen LogP contribution in [0.15, 0.2) is 0 Å². The number of piperidine rings is 1. The van der Waals surface area contributed by atoms with E-state index in [2.05, 4.69) is 4.74 Å². The number of hydrogen-bond acceptors (Lipinski definition) is 5. The van der Waals surface area contributed by atoms with E-state index in [-0.39, 0.29) is 18.5 Å². The highest BCUT2D eigenvalue weighted by atomic mass is 16.5. The summed E-state index contributed by atoms with van der Waals surface area (Å²) < 4.78 is 4.48. The molecule has 1 aliphatic carbocycles. The lowest BCUT2D eigenvalue weighted by Crippen LogP contribution is -2.39. The van der Waals surface area contributed by atoms with Gasteiger partial charge in [0, 0.05) is 0 Å². The molecule has 1 aliphatic heterocycles. The number of amides is 2. The highest BCUT2D eigenvalue weighted by molar-refractivity contribution is 6.13. The van der Waals surface area contributed by atoms with Crippen LogP contribution in [0, 0.1) is 17.8 Å². The van der Waals surface area contributed by atoms with Crippen LogP contribution in [0.5, 0.6) is 0 Å². The van der Waals surface area contributed by atoms with E-state index in [4.69, 9.17) is 5.73 Å². The third-order valence-electron chi connectivity index (χ3n) is 2.78. The van der Waals surface area contributed by atoms with Gasteiger partial charge in [0.2, 0.25) is 11.8 Å². The van der Waals surface area contributed by atoms with Gasteiger partial charge in [-0.25, -0.2) is 0 Å². The molecule has 2 N–H and O–H groups in total. The molecular formula is C8H10N2O4. The van der Waals surface area contributed by atoms with Crippen LogP contribution in [-0.4, -0.2) is 36.5 Å². The molecule has 0 radical (unpaired) electrons. The van der Waals surface area contributed by atoms with Crippen LogP contribution in [-0.2, 0) is 19.1 Å². The van der Waals surface area contributed by atoms with E-state index in [1.54, 1.807) is 0 Å². The number of imide groups is 1. The van der Waals surface area contributed by atoms with Gasteiger partial charge in [-0.2, -0.15) is 0 Å². The number of nitrogens with zero attached hydrogens (tertiary/aromatic N) is 1. The van der Waals surface area contributed by atoms with Crippen molar-refractivity contribution in [1.29, 1.82) is 0 Å². The smallest absolute Gasteiger partial charge is 0.310 e.